The number of carboxylic acids is 2. The molecule has 2 N–H and O–H groups in total. The van der Waals surface area contributed by atoms with Crippen LogP contribution in [-0.4, -0.2) is 39.9 Å². The van der Waals surface area contributed by atoms with E-state index in [0.29, 0.717) is 24.3 Å². The largest absolute Gasteiger partial charge is 0.494 e. The van der Waals surface area contributed by atoms with Gasteiger partial charge in [0.15, 0.2) is 0 Å². The minimum atomic E-state index is -0.983. The summed E-state index contributed by atoms with van der Waals surface area (Å²) < 4.78 is 13.4. The fourth-order valence-electron chi connectivity index (χ4n) is 4.56. The van der Waals surface area contributed by atoms with Crippen LogP contribution in [0.5, 0.6) is 11.5 Å². The molecule has 1 heterocycles. The number of aryl methyl sites for hydroxylation is 1. The second kappa shape index (κ2) is 13.3. The smallest absolute Gasteiger partial charge is 0.323 e. The minimum absolute atomic E-state index is 0.182. The summed E-state index contributed by atoms with van der Waals surface area (Å²) in [5, 5.41) is 19.3. The van der Waals surface area contributed by atoms with Gasteiger partial charge in [0.1, 0.15) is 18.0 Å². The van der Waals surface area contributed by atoms with Crippen LogP contribution in [0.1, 0.15) is 42.0 Å². The lowest BCUT2D eigenvalue weighted by atomic mass is 10.0. The van der Waals surface area contributed by atoms with E-state index in [1.165, 1.54) is 5.56 Å². The van der Waals surface area contributed by atoms with Gasteiger partial charge in [0, 0.05) is 17.1 Å². The second-order valence-electron chi connectivity index (χ2n) is 9.26. The average Bonchev–Trinajstić information content (AvgIpc) is 3.26. The van der Waals surface area contributed by atoms with Crippen molar-refractivity contribution >= 4 is 35.0 Å². The predicted molar refractivity (Wildman–Crippen MR) is 152 cm³/mol. The third-order valence-electron chi connectivity index (χ3n) is 6.42. The van der Waals surface area contributed by atoms with E-state index in [2.05, 4.69) is 13.0 Å². The van der Waals surface area contributed by atoms with E-state index >= 15 is 0 Å². The van der Waals surface area contributed by atoms with Gasteiger partial charge >= 0.3 is 11.9 Å². The maximum Gasteiger partial charge on any atom is 0.323 e. The van der Waals surface area contributed by atoms with E-state index in [0.717, 1.165) is 47.3 Å². The molecule has 0 bridgehead atoms. The van der Waals surface area contributed by atoms with Crippen LogP contribution in [0.3, 0.4) is 0 Å². The molecule has 1 aromatic heterocycles. The zero-order valence-corrected chi connectivity index (χ0v) is 22.0. The van der Waals surface area contributed by atoms with Gasteiger partial charge in [0.05, 0.1) is 19.6 Å². The van der Waals surface area contributed by atoms with E-state index in [1.807, 2.05) is 72.8 Å². The maximum absolute atomic E-state index is 11.4. The molecule has 0 unspecified atom stereocenters. The molecule has 0 atom stereocenters. The van der Waals surface area contributed by atoms with Gasteiger partial charge in [-0.2, -0.15) is 0 Å². The first-order valence-electron chi connectivity index (χ1n) is 13.1. The molecule has 0 aliphatic rings. The Labute approximate surface area is 227 Å². The first kappa shape index (κ1) is 27.5. The highest BCUT2D eigenvalue weighted by atomic mass is 16.5. The molecule has 7 nitrogen and oxygen atoms in total. The van der Waals surface area contributed by atoms with Gasteiger partial charge in [-0.05, 0) is 65.8 Å². The van der Waals surface area contributed by atoms with Crippen molar-refractivity contribution in [2.24, 2.45) is 0 Å². The quantitative estimate of drug-likeness (QED) is 0.147. The number of aromatic nitrogens is 1. The van der Waals surface area contributed by atoms with Crippen LogP contribution in [0.4, 0.5) is 0 Å². The van der Waals surface area contributed by atoms with Gasteiger partial charge in [-0.3, -0.25) is 9.59 Å². The number of carboxylic acid groups (broad SMARTS) is 2. The monoisotopic (exact) mass is 527 g/mol. The number of para-hydroxylation sites is 1. The fourth-order valence-corrected chi connectivity index (χ4v) is 4.56. The summed E-state index contributed by atoms with van der Waals surface area (Å²) >= 11 is 0. The van der Waals surface area contributed by atoms with Crippen molar-refractivity contribution in [2.45, 2.75) is 39.2 Å². The Morgan fingerprint density at radius 3 is 2.28 bits per heavy atom. The molecule has 0 radical (unpaired) electrons. The highest BCUT2D eigenvalue weighted by molar-refractivity contribution is 5.96. The van der Waals surface area contributed by atoms with Crippen LogP contribution >= 0.6 is 0 Å². The minimum Gasteiger partial charge on any atom is -0.494 e. The van der Waals surface area contributed by atoms with Gasteiger partial charge < -0.3 is 24.3 Å². The summed E-state index contributed by atoms with van der Waals surface area (Å²) in [6.45, 7) is 3.16. The van der Waals surface area contributed by atoms with Gasteiger partial charge in [0.25, 0.3) is 0 Å². The summed E-state index contributed by atoms with van der Waals surface area (Å²) in [6.07, 6.45) is 8.05. The van der Waals surface area contributed by atoms with Crippen molar-refractivity contribution in [1.29, 1.82) is 0 Å². The number of hydrogen-bond donors (Lipinski definition) is 2. The number of nitrogens with zero attached hydrogens (tertiary/aromatic N) is 1. The average molecular weight is 528 g/mol. The summed E-state index contributed by atoms with van der Waals surface area (Å²) in [4.78, 5) is 22.7. The van der Waals surface area contributed by atoms with Crippen LogP contribution in [0.2, 0.25) is 0 Å². The molecule has 0 saturated carbocycles. The molecule has 7 heteroatoms. The van der Waals surface area contributed by atoms with Crippen molar-refractivity contribution in [1.82, 2.24) is 4.57 Å². The van der Waals surface area contributed by atoms with E-state index in [9.17, 15) is 19.8 Å². The number of fused-ring (bicyclic) bond motifs is 1. The Bertz CT molecular complexity index is 1450. The van der Waals surface area contributed by atoms with Crippen molar-refractivity contribution < 1.29 is 29.3 Å². The van der Waals surface area contributed by atoms with E-state index in [-0.39, 0.29) is 13.0 Å². The zero-order valence-electron chi connectivity index (χ0n) is 22.0. The van der Waals surface area contributed by atoms with Gasteiger partial charge in [-0.15, -0.1) is 0 Å². The molecular weight excluding hydrogens is 494 g/mol. The Kier molecular flexibility index (Phi) is 9.40. The first-order chi connectivity index (χ1) is 18.9. The summed E-state index contributed by atoms with van der Waals surface area (Å²) in [5.41, 5.74) is 4.29. The first-order valence-corrected chi connectivity index (χ1v) is 13.1. The van der Waals surface area contributed by atoms with Crippen LogP contribution in [0.15, 0.2) is 72.9 Å². The van der Waals surface area contributed by atoms with Gasteiger partial charge in [0.2, 0.25) is 0 Å². The van der Waals surface area contributed by atoms with Crippen molar-refractivity contribution in [3.63, 3.8) is 0 Å². The number of rotatable bonds is 14. The molecule has 0 aliphatic carbocycles. The molecule has 0 saturated heterocycles. The number of unbranched alkanes of at least 4 members (excludes halogenated alkanes) is 1. The Morgan fingerprint density at radius 2 is 1.56 bits per heavy atom. The standard InChI is InChI=1S/C32H33NO6/c1-2-24-8-3-4-11-29(24)39-19-6-5-18-38-27-16-13-23(14-17-27)12-15-25-9-7-10-28-32(25)26(20-30(34)35)21-33(28)22-31(36)37/h3-4,7-17,21H,2,5-6,18-20,22H2,1H3,(H,34,35)(H,36,37). The maximum atomic E-state index is 11.4. The normalized spacial score (nSPS) is 11.2. The summed E-state index contributed by atoms with van der Waals surface area (Å²) in [5.74, 6) is -0.200. The third-order valence-corrected chi connectivity index (χ3v) is 6.42. The number of carbonyl (C=O) groups is 2. The Balaban J connectivity index is 1.34. The van der Waals surface area contributed by atoms with Crippen LogP contribution in [-0.2, 0) is 29.0 Å². The fraction of sp³-hybridized carbons (Fsp3) is 0.250. The highest BCUT2D eigenvalue weighted by Crippen LogP contribution is 2.28. The van der Waals surface area contributed by atoms with E-state index in [4.69, 9.17) is 9.47 Å². The molecular formula is C32H33NO6. The number of ether oxygens (including phenoxy) is 2. The lowest BCUT2D eigenvalue weighted by Gasteiger charge is -2.10. The zero-order chi connectivity index (χ0) is 27.6. The summed E-state index contributed by atoms with van der Waals surface area (Å²) in [7, 11) is 0. The predicted octanol–water partition coefficient (Wildman–Crippen LogP) is 6.32. The summed E-state index contributed by atoms with van der Waals surface area (Å²) in [6, 6.07) is 21.4. The molecule has 0 amide bonds. The second-order valence-corrected chi connectivity index (χ2v) is 9.26. The van der Waals surface area contributed by atoms with Gasteiger partial charge in [-0.1, -0.05) is 61.5 Å². The van der Waals surface area contributed by atoms with Crippen LogP contribution in [0, 0.1) is 0 Å². The molecule has 0 aliphatic heterocycles. The van der Waals surface area contributed by atoms with Gasteiger partial charge in [-0.25, -0.2) is 0 Å². The van der Waals surface area contributed by atoms with Crippen molar-refractivity contribution in [3.05, 3.63) is 95.2 Å². The van der Waals surface area contributed by atoms with Crippen molar-refractivity contribution in [3.8, 4) is 11.5 Å². The van der Waals surface area contributed by atoms with E-state index < -0.39 is 11.9 Å². The SMILES string of the molecule is CCc1ccccc1OCCCCOc1ccc(C=Cc2cccc3c2c(CC(=O)O)cn3CC(=O)O)cc1. The Morgan fingerprint density at radius 1 is 0.821 bits per heavy atom. The Hall–Kier alpha value is -4.52. The van der Waals surface area contributed by atoms with Crippen molar-refractivity contribution in [2.75, 3.05) is 13.2 Å². The molecule has 0 spiro atoms. The number of benzene rings is 3. The highest BCUT2D eigenvalue weighted by Gasteiger charge is 2.15. The molecule has 3 aromatic carbocycles. The molecule has 0 fully saturated rings. The lowest BCUT2D eigenvalue weighted by Crippen LogP contribution is -2.07. The topological polar surface area (TPSA) is 98.0 Å². The molecule has 39 heavy (non-hydrogen) atoms. The third kappa shape index (κ3) is 7.51. The molecule has 4 rings (SSSR count). The lowest BCUT2D eigenvalue weighted by molar-refractivity contribution is -0.138. The molecule has 202 valence electrons. The number of hydrogen-bond acceptors (Lipinski definition) is 4. The van der Waals surface area contributed by atoms with Crippen LogP contribution < -0.4 is 9.47 Å². The van der Waals surface area contributed by atoms with E-state index in [1.54, 1.807) is 10.8 Å². The number of aliphatic carboxylic acids is 2. The van der Waals surface area contributed by atoms with Crippen LogP contribution in [0.25, 0.3) is 23.1 Å². The molecule has 4 aromatic rings.